The fourth-order valence-electron chi connectivity index (χ4n) is 10.4. The molecule has 2 N–H and O–H groups in total. The first-order valence-electron chi connectivity index (χ1n) is 19.1. The number of carbonyl (C=O) groups is 5. The van der Waals surface area contributed by atoms with Crippen LogP contribution in [0.4, 0.5) is 0 Å². The summed E-state index contributed by atoms with van der Waals surface area (Å²) in [5.41, 5.74) is 0.907. The second-order valence-corrected chi connectivity index (χ2v) is 16.9. The van der Waals surface area contributed by atoms with Crippen molar-refractivity contribution in [2.45, 2.75) is 125 Å². The van der Waals surface area contributed by atoms with E-state index in [1.807, 2.05) is 0 Å². The molecule has 0 aromatic heterocycles. The molecule has 4 saturated carbocycles. The highest BCUT2D eigenvalue weighted by atomic mass is 16.6. The van der Waals surface area contributed by atoms with Crippen LogP contribution in [-0.2, 0) is 38.2 Å². The fourth-order valence-corrected chi connectivity index (χ4v) is 10.4. The van der Waals surface area contributed by atoms with Crippen molar-refractivity contribution < 1.29 is 38.2 Å². The summed E-state index contributed by atoms with van der Waals surface area (Å²) in [6.07, 6.45) is 5.31. The number of hydrogen-bond donors (Lipinski definition) is 2. The van der Waals surface area contributed by atoms with E-state index in [2.05, 4.69) is 57.7 Å². The van der Waals surface area contributed by atoms with Gasteiger partial charge in [0.25, 0.3) is 0 Å². The van der Waals surface area contributed by atoms with Crippen molar-refractivity contribution in [2.75, 3.05) is 13.1 Å². The Morgan fingerprint density at radius 1 is 0.731 bits per heavy atom. The van der Waals surface area contributed by atoms with Gasteiger partial charge in [-0.15, -0.1) is 0 Å². The molecule has 0 radical (unpaired) electrons. The molecule has 0 bridgehead atoms. The molecule has 0 saturated heterocycles. The van der Waals surface area contributed by atoms with E-state index in [0.29, 0.717) is 67.5 Å². The third-order valence-electron chi connectivity index (χ3n) is 13.2. The average Bonchev–Trinajstić information content (AvgIpc) is 3.43. The molecule has 10 heteroatoms. The first kappa shape index (κ1) is 41.1. The van der Waals surface area contributed by atoms with Gasteiger partial charge in [0, 0.05) is 53.1 Å². The van der Waals surface area contributed by atoms with Crippen molar-refractivity contribution >= 4 is 29.7 Å². The smallest absolute Gasteiger partial charge is 0.333 e. The minimum atomic E-state index is -0.430. The number of esters is 3. The molecule has 2 amide bonds. The largest absolute Gasteiger partial charge is 0.459 e. The summed E-state index contributed by atoms with van der Waals surface area (Å²) in [6, 6.07) is 0. The van der Waals surface area contributed by atoms with Crippen LogP contribution in [0.15, 0.2) is 48.6 Å². The second kappa shape index (κ2) is 16.5. The summed E-state index contributed by atoms with van der Waals surface area (Å²) < 4.78 is 18.7. The van der Waals surface area contributed by atoms with Gasteiger partial charge in [0.1, 0.15) is 18.3 Å². The molecule has 4 aliphatic rings. The molecule has 10 nitrogen and oxygen atoms in total. The summed E-state index contributed by atoms with van der Waals surface area (Å²) in [5, 5.41) is 5.64. The molecule has 0 aromatic rings. The van der Waals surface area contributed by atoms with Gasteiger partial charge in [0.15, 0.2) is 0 Å². The van der Waals surface area contributed by atoms with Crippen LogP contribution in [0.2, 0.25) is 0 Å². The highest BCUT2D eigenvalue weighted by Gasteiger charge is 2.67. The van der Waals surface area contributed by atoms with E-state index < -0.39 is 23.5 Å². The summed E-state index contributed by atoms with van der Waals surface area (Å²) in [6.45, 7) is 29.2. The maximum atomic E-state index is 13.3. The van der Waals surface area contributed by atoms with Crippen LogP contribution in [0.1, 0.15) is 106 Å². The maximum Gasteiger partial charge on any atom is 0.333 e. The summed E-state index contributed by atoms with van der Waals surface area (Å²) in [5.74, 6) is -0.840. The molecule has 11 atom stereocenters. The standard InChI is InChI=1S/C42H62N2O8/c1-23(2)37(46)44-19-18-43-35(45)15-12-27(9)30-13-14-31-36-32(22-34(42(30,31)11)52-40(49)26(7)8)41(10)17-16-29(50-38(47)24(3)4)20-28(41)21-33(36)51-39(48)25(5)6/h27-34,36H,1,3,5,7,12-22H2,2,4,6,8-11H3,(H,43,45)(H,44,46)/t27-,28+,29-,30-,31+,32+,33-,34+,36+,41+,42-/m1/s1. The number of rotatable bonds is 14. The lowest BCUT2D eigenvalue weighted by atomic mass is 9.43. The quantitative estimate of drug-likeness (QED) is 0.0892. The number of carbonyl (C=O) groups excluding carboxylic acids is 5. The van der Waals surface area contributed by atoms with E-state index in [1.54, 1.807) is 27.7 Å². The predicted molar refractivity (Wildman–Crippen MR) is 199 cm³/mol. The van der Waals surface area contributed by atoms with Crippen LogP contribution < -0.4 is 10.6 Å². The fraction of sp³-hybridized carbons (Fsp3) is 0.690. The Kier molecular flexibility index (Phi) is 13.1. The molecule has 4 rings (SSSR count). The zero-order chi connectivity index (χ0) is 38.7. The van der Waals surface area contributed by atoms with E-state index in [9.17, 15) is 24.0 Å². The Morgan fingerprint density at radius 3 is 1.94 bits per heavy atom. The van der Waals surface area contributed by atoms with Gasteiger partial charge in [-0.2, -0.15) is 0 Å². The van der Waals surface area contributed by atoms with Gasteiger partial charge in [-0.05, 0) is 114 Å². The van der Waals surface area contributed by atoms with Crippen molar-refractivity contribution in [3.63, 3.8) is 0 Å². The minimum Gasteiger partial charge on any atom is -0.459 e. The summed E-state index contributed by atoms with van der Waals surface area (Å²) >= 11 is 0. The molecule has 0 aromatic carbocycles. The maximum absolute atomic E-state index is 13.3. The molecule has 0 heterocycles. The van der Waals surface area contributed by atoms with Crippen LogP contribution >= 0.6 is 0 Å². The van der Waals surface area contributed by atoms with E-state index >= 15 is 0 Å². The molecular formula is C42H62N2O8. The Morgan fingerprint density at radius 2 is 1.33 bits per heavy atom. The lowest BCUT2D eigenvalue weighted by molar-refractivity contribution is -0.223. The monoisotopic (exact) mass is 722 g/mol. The second-order valence-electron chi connectivity index (χ2n) is 16.9. The molecule has 0 aliphatic heterocycles. The van der Waals surface area contributed by atoms with E-state index in [-0.39, 0.29) is 70.9 Å². The number of nitrogens with one attached hydrogen (secondary N) is 2. The van der Waals surface area contributed by atoms with E-state index in [1.165, 1.54) is 0 Å². The molecule has 52 heavy (non-hydrogen) atoms. The van der Waals surface area contributed by atoms with Crippen LogP contribution in [0.3, 0.4) is 0 Å². The minimum absolute atomic E-state index is 0.0405. The summed E-state index contributed by atoms with van der Waals surface area (Å²) in [4.78, 5) is 63.6. The first-order valence-corrected chi connectivity index (χ1v) is 19.1. The van der Waals surface area contributed by atoms with Crippen LogP contribution in [-0.4, -0.2) is 61.1 Å². The molecule has 0 spiro atoms. The average molecular weight is 723 g/mol. The Hall–Kier alpha value is -3.69. The van der Waals surface area contributed by atoms with E-state index in [4.69, 9.17) is 14.2 Å². The lowest BCUT2D eigenvalue weighted by Crippen LogP contribution is -2.63. The van der Waals surface area contributed by atoms with Crippen molar-refractivity contribution in [3.8, 4) is 0 Å². The number of hydrogen-bond acceptors (Lipinski definition) is 8. The lowest BCUT2D eigenvalue weighted by Gasteiger charge is -2.64. The van der Waals surface area contributed by atoms with Crippen molar-refractivity contribution in [3.05, 3.63) is 48.6 Å². The highest BCUT2D eigenvalue weighted by Crippen LogP contribution is 2.69. The van der Waals surface area contributed by atoms with Crippen LogP contribution in [0.5, 0.6) is 0 Å². The Balaban J connectivity index is 1.61. The normalized spacial score (nSPS) is 33.8. The number of amides is 2. The predicted octanol–water partition coefficient (Wildman–Crippen LogP) is 6.55. The molecule has 288 valence electrons. The molecular weight excluding hydrogens is 660 g/mol. The van der Waals surface area contributed by atoms with Gasteiger partial charge >= 0.3 is 17.9 Å². The summed E-state index contributed by atoms with van der Waals surface area (Å²) in [7, 11) is 0. The van der Waals surface area contributed by atoms with Crippen LogP contribution in [0.25, 0.3) is 0 Å². The van der Waals surface area contributed by atoms with Gasteiger partial charge in [-0.25, -0.2) is 14.4 Å². The van der Waals surface area contributed by atoms with Crippen molar-refractivity contribution in [1.29, 1.82) is 0 Å². The van der Waals surface area contributed by atoms with Gasteiger partial charge in [-0.1, -0.05) is 47.1 Å². The van der Waals surface area contributed by atoms with Gasteiger partial charge < -0.3 is 24.8 Å². The number of fused-ring (bicyclic) bond motifs is 5. The highest BCUT2D eigenvalue weighted by molar-refractivity contribution is 5.92. The topological polar surface area (TPSA) is 137 Å². The van der Waals surface area contributed by atoms with Gasteiger partial charge in [0.2, 0.25) is 11.8 Å². The SMILES string of the molecule is C=C(C)C(=O)NCCNC(=O)CC[C@@H](C)[C@H]1CC[C@H]2[C@@H]3[C@H](OC(=O)C(=C)C)C[C@@H]4C[C@H](OC(=O)C(=C)C)CC[C@]4(C)[C@H]3C[C@H](OC(=O)C(=C)C)[C@]12C. The van der Waals surface area contributed by atoms with Gasteiger partial charge in [0.05, 0.1) is 0 Å². The zero-order valence-electron chi connectivity index (χ0n) is 32.6. The number of ether oxygens (including phenoxy) is 3. The Labute approximate surface area is 310 Å². The molecule has 0 unspecified atom stereocenters. The zero-order valence-corrected chi connectivity index (χ0v) is 32.6. The third kappa shape index (κ3) is 8.57. The Bertz CT molecular complexity index is 1480. The first-order chi connectivity index (χ1) is 24.3. The molecule has 4 aliphatic carbocycles. The van der Waals surface area contributed by atoms with Crippen molar-refractivity contribution in [2.24, 2.45) is 46.3 Å². The van der Waals surface area contributed by atoms with Crippen molar-refractivity contribution in [1.82, 2.24) is 10.6 Å². The van der Waals surface area contributed by atoms with Crippen LogP contribution in [0, 0.1) is 46.3 Å². The molecule has 4 fully saturated rings. The van der Waals surface area contributed by atoms with E-state index in [0.717, 1.165) is 25.7 Å². The third-order valence-corrected chi connectivity index (χ3v) is 13.2. The van der Waals surface area contributed by atoms with Gasteiger partial charge in [-0.3, -0.25) is 9.59 Å².